The molecule has 1 saturated heterocycles. The molecule has 1 saturated carbocycles. The zero-order chi connectivity index (χ0) is 11.5. The molecular formula is C12H23Cl2NSi. The van der Waals surface area contributed by atoms with Gasteiger partial charge in [0.05, 0.1) is 0 Å². The summed E-state index contributed by atoms with van der Waals surface area (Å²) in [6, 6.07) is 0.806. The van der Waals surface area contributed by atoms with Crippen LogP contribution < -0.4 is 0 Å². The van der Waals surface area contributed by atoms with Gasteiger partial charge in [-0.15, -0.1) is 22.2 Å². The minimum absolute atomic E-state index is 0.544. The number of piperidine rings is 1. The van der Waals surface area contributed by atoms with Gasteiger partial charge < -0.3 is 0 Å². The van der Waals surface area contributed by atoms with E-state index in [1.165, 1.54) is 51.5 Å². The monoisotopic (exact) mass is 279 g/mol. The summed E-state index contributed by atoms with van der Waals surface area (Å²) < 4.78 is 0. The average Bonchev–Trinajstić information content (AvgIpc) is 2.29. The Bertz CT molecular complexity index is 225. The number of rotatable bonds is 3. The predicted octanol–water partition coefficient (Wildman–Crippen LogP) is 3.66. The van der Waals surface area contributed by atoms with Gasteiger partial charge in [0, 0.05) is 11.7 Å². The van der Waals surface area contributed by atoms with Crippen molar-refractivity contribution in [3.63, 3.8) is 0 Å². The Kier molecular flexibility index (Phi) is 5.01. The van der Waals surface area contributed by atoms with Gasteiger partial charge >= 0.3 is 0 Å². The largest absolute Gasteiger partial charge is 0.298 e. The van der Waals surface area contributed by atoms with E-state index < -0.39 is 7.42 Å². The zero-order valence-corrected chi connectivity index (χ0v) is 12.8. The fraction of sp³-hybridized carbons (Fsp3) is 1.00. The number of nitrogens with zero attached hydrogens (tertiary/aromatic N) is 1. The number of likely N-dealkylation sites (tertiary alicyclic amines) is 1. The van der Waals surface area contributed by atoms with Gasteiger partial charge in [-0.3, -0.25) is 4.90 Å². The van der Waals surface area contributed by atoms with E-state index in [1.54, 1.807) is 0 Å². The van der Waals surface area contributed by atoms with E-state index in [-0.39, 0.29) is 0 Å². The van der Waals surface area contributed by atoms with Crippen LogP contribution in [0.3, 0.4) is 0 Å². The lowest BCUT2D eigenvalue weighted by atomic mass is 9.78. The molecule has 0 aromatic heterocycles. The highest BCUT2D eigenvalue weighted by molar-refractivity contribution is 7.34. The van der Waals surface area contributed by atoms with Crippen LogP contribution in [0.2, 0.25) is 0 Å². The highest BCUT2D eigenvalue weighted by atomic mass is 35.7. The summed E-state index contributed by atoms with van der Waals surface area (Å²) in [5.74, 6) is 0.942. The van der Waals surface area contributed by atoms with E-state index in [9.17, 15) is 0 Å². The Labute approximate surface area is 110 Å². The lowest BCUT2D eigenvalue weighted by Gasteiger charge is -2.49. The molecule has 94 valence electrons. The summed E-state index contributed by atoms with van der Waals surface area (Å²) in [5.41, 5.74) is 0.544. The molecule has 1 aliphatic heterocycles. The Morgan fingerprint density at radius 1 is 1.12 bits per heavy atom. The van der Waals surface area contributed by atoms with Gasteiger partial charge in [0.15, 0.2) is 0 Å². The molecule has 0 spiro atoms. The van der Waals surface area contributed by atoms with Crippen molar-refractivity contribution in [3.8, 4) is 0 Å². The fourth-order valence-electron chi connectivity index (χ4n) is 3.62. The maximum absolute atomic E-state index is 6.28. The van der Waals surface area contributed by atoms with Crippen LogP contribution in [0, 0.1) is 5.92 Å². The Hall–Kier alpha value is 0.757. The van der Waals surface area contributed by atoms with Crippen LogP contribution in [0.15, 0.2) is 0 Å². The first-order valence-corrected chi connectivity index (χ1v) is 10.9. The molecule has 1 heterocycles. The molecule has 3 unspecified atom stereocenters. The SMILES string of the molecule is CCCN1C2CCCCC2CCC1[SiH](Cl)Cl. The summed E-state index contributed by atoms with van der Waals surface area (Å²) in [5, 5.41) is 0. The topological polar surface area (TPSA) is 3.24 Å². The molecule has 0 amide bonds. The van der Waals surface area contributed by atoms with E-state index in [4.69, 9.17) is 22.2 Å². The molecular weight excluding hydrogens is 257 g/mol. The van der Waals surface area contributed by atoms with Gasteiger partial charge in [0.1, 0.15) is 0 Å². The molecule has 2 aliphatic rings. The maximum Gasteiger partial charge on any atom is 0.253 e. The van der Waals surface area contributed by atoms with Crippen molar-refractivity contribution in [1.82, 2.24) is 4.90 Å². The Balaban J connectivity index is 2.07. The van der Waals surface area contributed by atoms with Crippen LogP contribution in [0.1, 0.15) is 51.9 Å². The van der Waals surface area contributed by atoms with Crippen LogP contribution in [0.5, 0.6) is 0 Å². The standard InChI is InChI=1S/C12H23Cl2NSi/c1-2-9-15-11-6-4-3-5-10(11)7-8-12(15)16(13)14/h10-12,16H,2-9H2,1H3. The minimum atomic E-state index is -1.54. The van der Waals surface area contributed by atoms with E-state index in [1.807, 2.05) is 0 Å². The molecule has 0 aromatic rings. The summed E-state index contributed by atoms with van der Waals surface area (Å²) >= 11 is 12.6. The van der Waals surface area contributed by atoms with E-state index in [2.05, 4.69) is 11.8 Å². The highest BCUT2D eigenvalue weighted by Crippen LogP contribution is 2.39. The second-order valence-corrected chi connectivity index (χ2v) is 10.3. The minimum Gasteiger partial charge on any atom is -0.298 e. The molecule has 1 nitrogen and oxygen atoms in total. The van der Waals surface area contributed by atoms with Crippen LogP contribution in [-0.2, 0) is 0 Å². The maximum atomic E-state index is 6.28. The van der Waals surface area contributed by atoms with Crippen molar-refractivity contribution >= 4 is 29.6 Å². The van der Waals surface area contributed by atoms with Crippen LogP contribution in [0.4, 0.5) is 0 Å². The summed E-state index contributed by atoms with van der Waals surface area (Å²) in [7, 11) is -1.54. The van der Waals surface area contributed by atoms with Crippen LogP contribution in [0.25, 0.3) is 0 Å². The molecule has 0 N–H and O–H groups in total. The molecule has 16 heavy (non-hydrogen) atoms. The molecule has 1 aliphatic carbocycles. The van der Waals surface area contributed by atoms with Crippen molar-refractivity contribution in [2.75, 3.05) is 6.54 Å². The van der Waals surface area contributed by atoms with Crippen molar-refractivity contribution in [1.29, 1.82) is 0 Å². The first kappa shape index (κ1) is 13.2. The molecule has 2 fully saturated rings. The van der Waals surface area contributed by atoms with E-state index >= 15 is 0 Å². The van der Waals surface area contributed by atoms with Gasteiger partial charge in [0.25, 0.3) is 7.42 Å². The van der Waals surface area contributed by atoms with Crippen molar-refractivity contribution in [3.05, 3.63) is 0 Å². The normalized spacial score (nSPS) is 36.4. The van der Waals surface area contributed by atoms with E-state index in [0.29, 0.717) is 5.67 Å². The third-order valence-electron chi connectivity index (χ3n) is 4.33. The summed E-state index contributed by atoms with van der Waals surface area (Å²) in [6.07, 6.45) is 9.53. The van der Waals surface area contributed by atoms with Crippen molar-refractivity contribution < 1.29 is 0 Å². The summed E-state index contributed by atoms with van der Waals surface area (Å²) in [4.78, 5) is 2.68. The van der Waals surface area contributed by atoms with Gasteiger partial charge in [-0.2, -0.15) is 0 Å². The lowest BCUT2D eigenvalue weighted by Crippen LogP contribution is -2.55. The van der Waals surface area contributed by atoms with Gasteiger partial charge in [-0.05, 0) is 44.6 Å². The Morgan fingerprint density at radius 2 is 1.88 bits per heavy atom. The van der Waals surface area contributed by atoms with Gasteiger partial charge in [-0.1, -0.05) is 19.8 Å². The molecule has 3 atom stereocenters. The lowest BCUT2D eigenvalue weighted by molar-refractivity contribution is 0.0440. The molecule has 4 heteroatoms. The second kappa shape index (κ2) is 6.08. The Morgan fingerprint density at radius 3 is 2.56 bits per heavy atom. The third-order valence-corrected chi connectivity index (χ3v) is 7.37. The number of fused-ring (bicyclic) bond motifs is 1. The smallest absolute Gasteiger partial charge is 0.253 e. The first-order valence-electron chi connectivity index (χ1n) is 6.78. The number of halogens is 2. The van der Waals surface area contributed by atoms with E-state index in [0.717, 1.165) is 12.0 Å². The van der Waals surface area contributed by atoms with Crippen molar-refractivity contribution in [2.45, 2.75) is 63.6 Å². The second-order valence-electron chi connectivity index (χ2n) is 5.33. The molecule has 0 aromatic carbocycles. The number of hydrogen-bond donors (Lipinski definition) is 0. The quantitative estimate of drug-likeness (QED) is 0.563. The molecule has 0 radical (unpaired) electrons. The zero-order valence-electron chi connectivity index (χ0n) is 10.2. The van der Waals surface area contributed by atoms with Crippen molar-refractivity contribution in [2.24, 2.45) is 5.92 Å². The van der Waals surface area contributed by atoms with Crippen LogP contribution >= 0.6 is 22.2 Å². The fourth-order valence-corrected chi connectivity index (χ4v) is 6.35. The number of hydrogen-bond acceptors (Lipinski definition) is 1. The van der Waals surface area contributed by atoms with Gasteiger partial charge in [-0.25, -0.2) is 0 Å². The summed E-state index contributed by atoms with van der Waals surface area (Å²) in [6.45, 7) is 3.47. The predicted molar refractivity (Wildman–Crippen MR) is 74.6 cm³/mol. The van der Waals surface area contributed by atoms with Gasteiger partial charge in [0.2, 0.25) is 0 Å². The average molecular weight is 280 g/mol. The third kappa shape index (κ3) is 2.77. The molecule has 2 rings (SSSR count). The molecule has 0 bridgehead atoms. The van der Waals surface area contributed by atoms with Crippen LogP contribution in [-0.4, -0.2) is 30.6 Å². The first-order chi connectivity index (χ1) is 7.74. The highest BCUT2D eigenvalue weighted by Gasteiger charge is 2.40.